The number of aromatic nitrogens is 1. The van der Waals surface area contributed by atoms with Crippen molar-refractivity contribution in [3.63, 3.8) is 0 Å². The van der Waals surface area contributed by atoms with Crippen LogP contribution in [0.4, 0.5) is 14.5 Å². The van der Waals surface area contributed by atoms with Gasteiger partial charge in [0.15, 0.2) is 5.69 Å². The van der Waals surface area contributed by atoms with E-state index in [4.69, 9.17) is 5.73 Å². The Balaban J connectivity index is 3.34. The third-order valence-electron chi connectivity index (χ3n) is 1.65. The van der Waals surface area contributed by atoms with Gasteiger partial charge in [0.1, 0.15) is 3.70 Å². The van der Waals surface area contributed by atoms with Gasteiger partial charge >= 0.3 is 5.97 Å². The molecule has 0 unspecified atom stereocenters. The number of hydrogen-bond acceptors (Lipinski definition) is 4. The van der Waals surface area contributed by atoms with Gasteiger partial charge in [-0.3, -0.25) is 0 Å². The second-order valence-corrected chi connectivity index (χ2v) is 3.62. The number of carbonyl (C=O) groups excluding carboxylic acids is 1. The maximum Gasteiger partial charge on any atom is 0.357 e. The van der Waals surface area contributed by atoms with Crippen molar-refractivity contribution in [2.24, 2.45) is 0 Å². The fourth-order valence-electron chi connectivity index (χ4n) is 0.949. The molecule has 0 bridgehead atoms. The van der Waals surface area contributed by atoms with Crippen LogP contribution in [-0.2, 0) is 4.74 Å². The summed E-state index contributed by atoms with van der Waals surface area (Å²) >= 11 is 1.75. The molecule has 0 aliphatic rings. The molecule has 1 rings (SSSR count). The highest BCUT2D eigenvalue weighted by molar-refractivity contribution is 14.1. The number of methoxy groups -OCH3 is 1. The minimum absolute atomic E-state index is 0.110. The summed E-state index contributed by atoms with van der Waals surface area (Å²) in [6.07, 6.45) is -2.81. The highest BCUT2D eigenvalue weighted by atomic mass is 127. The lowest BCUT2D eigenvalue weighted by Crippen LogP contribution is -2.11. The average molecular weight is 328 g/mol. The van der Waals surface area contributed by atoms with E-state index in [1.54, 1.807) is 22.6 Å². The normalized spacial score (nSPS) is 10.5. The standard InChI is InChI=1S/C8H7F2IN2O2/c1-15-8(14)5-3(6(9)10)2-4(12)7(11)13-5/h2,6H,12H2,1H3. The second-order valence-electron chi connectivity index (χ2n) is 2.60. The molecule has 0 saturated heterocycles. The molecule has 2 N–H and O–H groups in total. The predicted octanol–water partition coefficient (Wildman–Crippen LogP) is 1.99. The minimum Gasteiger partial charge on any atom is -0.464 e. The van der Waals surface area contributed by atoms with Crippen LogP contribution < -0.4 is 5.73 Å². The van der Waals surface area contributed by atoms with Gasteiger partial charge in [0.2, 0.25) is 0 Å². The SMILES string of the molecule is COC(=O)c1nc(I)c(N)cc1C(F)F. The van der Waals surface area contributed by atoms with Crippen molar-refractivity contribution >= 4 is 34.2 Å². The van der Waals surface area contributed by atoms with Crippen LogP contribution in [0.15, 0.2) is 6.07 Å². The molecule has 0 radical (unpaired) electrons. The lowest BCUT2D eigenvalue weighted by atomic mass is 10.2. The molecule has 4 nitrogen and oxygen atoms in total. The predicted molar refractivity (Wildman–Crippen MR) is 57.7 cm³/mol. The number of nitrogens with two attached hydrogens (primary N) is 1. The zero-order valence-electron chi connectivity index (χ0n) is 7.63. The zero-order valence-corrected chi connectivity index (χ0v) is 9.79. The van der Waals surface area contributed by atoms with Crippen LogP contribution in [0.2, 0.25) is 0 Å². The monoisotopic (exact) mass is 328 g/mol. The fraction of sp³-hybridized carbons (Fsp3) is 0.250. The number of anilines is 1. The smallest absolute Gasteiger partial charge is 0.357 e. The number of pyridine rings is 1. The van der Waals surface area contributed by atoms with E-state index in [1.807, 2.05) is 0 Å². The highest BCUT2D eigenvalue weighted by Gasteiger charge is 2.22. The maximum atomic E-state index is 12.5. The van der Waals surface area contributed by atoms with Crippen LogP contribution in [0.3, 0.4) is 0 Å². The molecule has 0 fully saturated rings. The Hall–Kier alpha value is -0.990. The van der Waals surface area contributed by atoms with Gasteiger partial charge in [-0.15, -0.1) is 0 Å². The van der Waals surface area contributed by atoms with E-state index in [2.05, 4.69) is 9.72 Å². The Morgan fingerprint density at radius 2 is 2.27 bits per heavy atom. The van der Waals surface area contributed by atoms with E-state index in [0.29, 0.717) is 0 Å². The van der Waals surface area contributed by atoms with Crippen molar-refractivity contribution in [1.29, 1.82) is 0 Å². The summed E-state index contributed by atoms with van der Waals surface area (Å²) in [7, 11) is 1.10. The number of ether oxygens (including phenoxy) is 1. The number of esters is 1. The van der Waals surface area contributed by atoms with Crippen LogP contribution in [0.25, 0.3) is 0 Å². The van der Waals surface area contributed by atoms with Crippen LogP contribution in [0.5, 0.6) is 0 Å². The molecule has 15 heavy (non-hydrogen) atoms. The van der Waals surface area contributed by atoms with Crippen LogP contribution in [0.1, 0.15) is 22.5 Å². The zero-order chi connectivity index (χ0) is 11.6. The number of hydrogen-bond donors (Lipinski definition) is 1. The summed E-state index contributed by atoms with van der Waals surface area (Å²) in [5, 5.41) is 0. The molecule has 1 aromatic heterocycles. The molecule has 1 aromatic rings. The fourth-order valence-corrected chi connectivity index (χ4v) is 1.35. The van der Waals surface area contributed by atoms with Gasteiger partial charge in [0.25, 0.3) is 6.43 Å². The van der Waals surface area contributed by atoms with Crippen molar-refractivity contribution in [2.45, 2.75) is 6.43 Å². The third-order valence-corrected chi connectivity index (χ3v) is 2.51. The number of nitrogen functional groups attached to an aromatic ring is 1. The number of alkyl halides is 2. The highest BCUT2D eigenvalue weighted by Crippen LogP contribution is 2.26. The van der Waals surface area contributed by atoms with Gasteiger partial charge in [-0.1, -0.05) is 0 Å². The van der Waals surface area contributed by atoms with Gasteiger partial charge in [0, 0.05) is 0 Å². The summed E-state index contributed by atoms with van der Waals surface area (Å²) in [4.78, 5) is 14.8. The summed E-state index contributed by atoms with van der Waals surface area (Å²) < 4.78 is 29.7. The number of nitrogens with zero attached hydrogens (tertiary/aromatic N) is 1. The van der Waals surface area contributed by atoms with Crippen molar-refractivity contribution in [3.8, 4) is 0 Å². The Morgan fingerprint density at radius 3 is 2.73 bits per heavy atom. The number of halogens is 3. The first-order valence-electron chi connectivity index (χ1n) is 3.79. The van der Waals surface area contributed by atoms with Crippen LogP contribution in [-0.4, -0.2) is 18.1 Å². The average Bonchev–Trinajstić information content (AvgIpc) is 2.20. The molecule has 0 spiro atoms. The molecule has 0 saturated carbocycles. The van der Waals surface area contributed by atoms with E-state index in [0.717, 1.165) is 13.2 Å². The van der Waals surface area contributed by atoms with E-state index in [1.165, 1.54) is 0 Å². The summed E-state index contributed by atoms with van der Waals surface area (Å²) in [5.74, 6) is -0.900. The number of carbonyl (C=O) groups is 1. The molecule has 0 aliphatic heterocycles. The molecular weight excluding hydrogens is 321 g/mol. The van der Waals surface area contributed by atoms with Crippen LogP contribution in [0, 0.1) is 3.70 Å². The summed E-state index contributed by atoms with van der Waals surface area (Å²) in [6, 6.07) is 1.03. The molecule has 0 aliphatic carbocycles. The van der Waals surface area contributed by atoms with Gasteiger partial charge in [0.05, 0.1) is 18.4 Å². The molecule has 82 valence electrons. The van der Waals surface area contributed by atoms with E-state index >= 15 is 0 Å². The third kappa shape index (κ3) is 2.52. The van der Waals surface area contributed by atoms with E-state index in [-0.39, 0.29) is 9.39 Å². The first-order chi connectivity index (χ1) is 6.97. The largest absolute Gasteiger partial charge is 0.464 e. The molecule has 0 aromatic carbocycles. The minimum atomic E-state index is -2.81. The lowest BCUT2D eigenvalue weighted by Gasteiger charge is -2.08. The quantitative estimate of drug-likeness (QED) is 0.512. The summed E-state index contributed by atoms with van der Waals surface area (Å²) in [6.45, 7) is 0. The summed E-state index contributed by atoms with van der Waals surface area (Å²) in [5.41, 5.74) is 4.61. The van der Waals surface area contributed by atoms with Crippen molar-refractivity contribution in [1.82, 2.24) is 4.98 Å². The van der Waals surface area contributed by atoms with Crippen molar-refractivity contribution in [2.75, 3.05) is 12.8 Å². The Bertz CT molecular complexity index is 398. The first kappa shape index (κ1) is 12.1. The number of rotatable bonds is 2. The Labute approximate surface area is 98.0 Å². The first-order valence-corrected chi connectivity index (χ1v) is 4.87. The Kier molecular flexibility index (Phi) is 3.77. The lowest BCUT2D eigenvalue weighted by molar-refractivity contribution is 0.0581. The van der Waals surface area contributed by atoms with Gasteiger partial charge in [-0.2, -0.15) is 0 Å². The van der Waals surface area contributed by atoms with Gasteiger partial charge in [-0.25, -0.2) is 18.6 Å². The van der Waals surface area contributed by atoms with Gasteiger partial charge < -0.3 is 10.5 Å². The molecule has 0 atom stereocenters. The molecule has 1 heterocycles. The van der Waals surface area contributed by atoms with E-state index < -0.39 is 23.7 Å². The molecule has 0 amide bonds. The second kappa shape index (κ2) is 4.69. The van der Waals surface area contributed by atoms with Crippen molar-refractivity contribution in [3.05, 3.63) is 21.0 Å². The topological polar surface area (TPSA) is 65.2 Å². The maximum absolute atomic E-state index is 12.5. The van der Waals surface area contributed by atoms with E-state index in [9.17, 15) is 13.6 Å². The van der Waals surface area contributed by atoms with Crippen molar-refractivity contribution < 1.29 is 18.3 Å². The van der Waals surface area contributed by atoms with Crippen LogP contribution >= 0.6 is 22.6 Å². The molecular formula is C8H7F2IN2O2. The van der Waals surface area contributed by atoms with Gasteiger partial charge in [-0.05, 0) is 28.7 Å². The Morgan fingerprint density at radius 1 is 1.67 bits per heavy atom. The molecule has 7 heteroatoms.